The second-order valence-electron chi connectivity index (χ2n) is 5.19. The Morgan fingerprint density at radius 2 is 2.00 bits per heavy atom. The van der Waals surface area contributed by atoms with E-state index in [4.69, 9.17) is 11.6 Å². The van der Waals surface area contributed by atoms with Crippen LogP contribution in [0.15, 0.2) is 72.6 Å². The number of nitrogens with one attached hydrogen (secondary N) is 1. The monoisotopic (exact) mass is 352 g/mol. The molecule has 0 bridgehead atoms. The van der Waals surface area contributed by atoms with Crippen molar-refractivity contribution in [1.82, 2.24) is 14.5 Å². The summed E-state index contributed by atoms with van der Waals surface area (Å²) in [6, 6.07) is 15.8. The van der Waals surface area contributed by atoms with Crippen LogP contribution in [0.5, 0.6) is 0 Å². The van der Waals surface area contributed by atoms with E-state index in [1.165, 1.54) is 0 Å². The molecule has 6 heteroatoms. The first-order valence-electron chi connectivity index (χ1n) is 7.35. The van der Waals surface area contributed by atoms with Crippen LogP contribution in [-0.4, -0.2) is 14.5 Å². The number of rotatable bonds is 4. The lowest BCUT2D eigenvalue weighted by Crippen LogP contribution is -1.93. The summed E-state index contributed by atoms with van der Waals surface area (Å²) < 4.78 is 1.96. The Morgan fingerprint density at radius 3 is 2.83 bits per heavy atom. The maximum atomic E-state index is 6.05. The minimum atomic E-state index is 0.711. The molecule has 0 atom stereocenters. The molecule has 0 fully saturated rings. The first kappa shape index (κ1) is 14.9. The lowest BCUT2D eigenvalue weighted by atomic mass is 10.2. The van der Waals surface area contributed by atoms with Crippen molar-refractivity contribution in [2.45, 2.75) is 0 Å². The van der Waals surface area contributed by atoms with Gasteiger partial charge in [-0.2, -0.15) is 0 Å². The highest BCUT2D eigenvalue weighted by molar-refractivity contribution is 7.14. The van der Waals surface area contributed by atoms with Crippen LogP contribution >= 0.6 is 22.9 Å². The van der Waals surface area contributed by atoms with Gasteiger partial charge in [0, 0.05) is 39.7 Å². The Bertz CT molecular complexity index is 963. The molecule has 0 amide bonds. The van der Waals surface area contributed by atoms with Gasteiger partial charge in [0.15, 0.2) is 5.13 Å². The van der Waals surface area contributed by atoms with E-state index in [1.54, 1.807) is 23.9 Å². The fourth-order valence-corrected chi connectivity index (χ4v) is 3.32. The van der Waals surface area contributed by atoms with E-state index in [0.717, 1.165) is 27.8 Å². The Balaban J connectivity index is 1.57. The fraction of sp³-hybridized carbons (Fsp3) is 0. The highest BCUT2D eigenvalue weighted by Crippen LogP contribution is 2.29. The highest BCUT2D eigenvalue weighted by atomic mass is 35.5. The lowest BCUT2D eigenvalue weighted by molar-refractivity contribution is 1.06. The maximum absolute atomic E-state index is 6.05. The van der Waals surface area contributed by atoms with Gasteiger partial charge in [-0.25, -0.2) is 9.97 Å². The van der Waals surface area contributed by atoms with Crippen LogP contribution in [-0.2, 0) is 0 Å². The Labute approximate surface area is 148 Å². The van der Waals surface area contributed by atoms with Gasteiger partial charge < -0.3 is 9.88 Å². The van der Waals surface area contributed by atoms with Crippen molar-refractivity contribution in [3.05, 3.63) is 77.7 Å². The van der Waals surface area contributed by atoms with E-state index in [0.29, 0.717) is 5.02 Å². The third kappa shape index (κ3) is 3.18. The van der Waals surface area contributed by atoms with Crippen molar-refractivity contribution in [3.8, 4) is 16.9 Å². The topological polar surface area (TPSA) is 42.7 Å². The van der Waals surface area contributed by atoms with Crippen LogP contribution in [0.25, 0.3) is 16.9 Å². The Kier molecular flexibility index (Phi) is 4.02. The van der Waals surface area contributed by atoms with Gasteiger partial charge in [0.25, 0.3) is 0 Å². The summed E-state index contributed by atoms with van der Waals surface area (Å²) in [4.78, 5) is 8.72. The smallest absolute Gasteiger partial charge is 0.187 e. The van der Waals surface area contributed by atoms with Gasteiger partial charge in [0.1, 0.15) is 0 Å². The molecule has 1 N–H and O–H groups in total. The van der Waals surface area contributed by atoms with E-state index >= 15 is 0 Å². The number of aromatic nitrogens is 3. The van der Waals surface area contributed by atoms with E-state index in [9.17, 15) is 0 Å². The van der Waals surface area contributed by atoms with Gasteiger partial charge in [-0.1, -0.05) is 29.8 Å². The summed E-state index contributed by atoms with van der Waals surface area (Å²) in [6.07, 6.45) is 5.46. The van der Waals surface area contributed by atoms with Gasteiger partial charge in [-0.15, -0.1) is 11.3 Å². The molecule has 0 spiro atoms. The minimum absolute atomic E-state index is 0.711. The van der Waals surface area contributed by atoms with Gasteiger partial charge in [0.2, 0.25) is 0 Å². The second kappa shape index (κ2) is 6.47. The van der Waals surface area contributed by atoms with Crippen LogP contribution in [0.4, 0.5) is 10.8 Å². The third-order valence-corrected chi connectivity index (χ3v) is 4.52. The highest BCUT2D eigenvalue weighted by Gasteiger charge is 2.06. The molecule has 0 aliphatic heterocycles. The standard InChI is InChI=1S/C18H13ClN4S/c19-14-4-1-3-13(9-14)17-11-24-18(22-17)21-15-5-2-6-16(10-15)23-8-7-20-12-23/h1-12H,(H,21,22). The molecule has 2 aromatic carbocycles. The summed E-state index contributed by atoms with van der Waals surface area (Å²) in [5, 5.41) is 6.92. The maximum Gasteiger partial charge on any atom is 0.187 e. The van der Waals surface area contributed by atoms with Crippen LogP contribution in [0, 0.1) is 0 Å². The second-order valence-corrected chi connectivity index (χ2v) is 6.49. The largest absolute Gasteiger partial charge is 0.331 e. The van der Waals surface area contributed by atoms with E-state index in [2.05, 4.69) is 21.4 Å². The molecule has 4 nitrogen and oxygen atoms in total. The summed E-state index contributed by atoms with van der Waals surface area (Å²) in [5.74, 6) is 0. The number of imidazole rings is 1. The zero-order chi connectivity index (χ0) is 16.4. The quantitative estimate of drug-likeness (QED) is 0.535. The summed E-state index contributed by atoms with van der Waals surface area (Å²) in [7, 11) is 0. The minimum Gasteiger partial charge on any atom is -0.331 e. The summed E-state index contributed by atoms with van der Waals surface area (Å²) in [6.45, 7) is 0. The molecule has 0 saturated carbocycles. The molecule has 0 saturated heterocycles. The Morgan fingerprint density at radius 1 is 1.08 bits per heavy atom. The van der Waals surface area contributed by atoms with Crippen molar-refractivity contribution >= 4 is 33.8 Å². The van der Waals surface area contributed by atoms with Gasteiger partial charge in [0.05, 0.1) is 12.0 Å². The lowest BCUT2D eigenvalue weighted by Gasteiger charge is -2.06. The van der Waals surface area contributed by atoms with Crippen molar-refractivity contribution < 1.29 is 0 Å². The normalized spacial score (nSPS) is 10.7. The molecule has 0 aliphatic rings. The summed E-state index contributed by atoms with van der Waals surface area (Å²) >= 11 is 7.61. The Hall–Kier alpha value is -2.63. The van der Waals surface area contributed by atoms with Crippen molar-refractivity contribution in [2.75, 3.05) is 5.32 Å². The van der Waals surface area contributed by atoms with Crippen molar-refractivity contribution in [2.24, 2.45) is 0 Å². The van der Waals surface area contributed by atoms with Gasteiger partial charge in [-0.3, -0.25) is 0 Å². The van der Waals surface area contributed by atoms with Crippen molar-refractivity contribution in [3.63, 3.8) is 0 Å². The number of halogens is 1. The average Bonchev–Trinajstić information content (AvgIpc) is 3.27. The zero-order valence-corrected chi connectivity index (χ0v) is 14.1. The molecular formula is C18H13ClN4S. The van der Waals surface area contributed by atoms with Gasteiger partial charge in [-0.05, 0) is 30.3 Å². The molecule has 4 aromatic rings. The van der Waals surface area contributed by atoms with Crippen LogP contribution in [0.3, 0.4) is 0 Å². The zero-order valence-electron chi connectivity index (χ0n) is 12.6. The molecule has 2 aromatic heterocycles. The molecule has 4 rings (SSSR count). The number of thiazole rings is 1. The van der Waals surface area contributed by atoms with Crippen LogP contribution < -0.4 is 5.32 Å². The van der Waals surface area contributed by atoms with Gasteiger partial charge >= 0.3 is 0 Å². The average molecular weight is 353 g/mol. The predicted octanol–water partition coefficient (Wildman–Crippen LogP) is 5.39. The molecule has 0 unspecified atom stereocenters. The fourth-order valence-electron chi connectivity index (χ4n) is 2.39. The van der Waals surface area contributed by atoms with E-state index in [-0.39, 0.29) is 0 Å². The SMILES string of the molecule is Clc1cccc(-c2csc(Nc3cccc(-n4ccnc4)c3)n2)c1. The van der Waals surface area contributed by atoms with Crippen molar-refractivity contribution in [1.29, 1.82) is 0 Å². The number of hydrogen-bond acceptors (Lipinski definition) is 4. The third-order valence-electron chi connectivity index (χ3n) is 3.52. The first-order chi connectivity index (χ1) is 11.8. The molecule has 0 radical (unpaired) electrons. The number of nitrogens with zero attached hydrogens (tertiary/aromatic N) is 3. The van der Waals surface area contributed by atoms with E-state index < -0.39 is 0 Å². The van der Waals surface area contributed by atoms with E-state index in [1.807, 2.05) is 58.6 Å². The van der Waals surface area contributed by atoms with Crippen LogP contribution in [0.1, 0.15) is 0 Å². The summed E-state index contributed by atoms with van der Waals surface area (Å²) in [5.41, 5.74) is 3.95. The number of hydrogen-bond donors (Lipinski definition) is 1. The predicted molar refractivity (Wildman–Crippen MR) is 99.4 cm³/mol. The molecule has 24 heavy (non-hydrogen) atoms. The molecular weight excluding hydrogens is 340 g/mol. The number of benzene rings is 2. The molecule has 118 valence electrons. The molecule has 2 heterocycles. The number of anilines is 2. The molecule has 0 aliphatic carbocycles. The van der Waals surface area contributed by atoms with Crippen LogP contribution in [0.2, 0.25) is 5.02 Å². The first-order valence-corrected chi connectivity index (χ1v) is 8.60.